The van der Waals surface area contributed by atoms with Crippen molar-refractivity contribution in [2.45, 2.75) is 24.8 Å². The zero-order valence-corrected chi connectivity index (χ0v) is 6.59. The summed E-state index contributed by atoms with van der Waals surface area (Å²) in [6.45, 7) is 0. The summed E-state index contributed by atoms with van der Waals surface area (Å²) in [5, 5.41) is 0. The molecule has 3 nitrogen and oxygen atoms in total. The van der Waals surface area contributed by atoms with Gasteiger partial charge in [-0.2, -0.15) is 0 Å². The van der Waals surface area contributed by atoms with E-state index >= 15 is 0 Å². The lowest BCUT2D eigenvalue weighted by atomic mass is 9.79. The number of hydrogen-bond donors (Lipinski definition) is 1. The predicted molar refractivity (Wildman–Crippen MR) is 39.8 cm³/mol. The van der Waals surface area contributed by atoms with E-state index in [1.54, 1.807) is 14.2 Å². The molecule has 0 atom stereocenters. The summed E-state index contributed by atoms with van der Waals surface area (Å²) in [4.78, 5) is 9.98. The standard InChI is InChI=1S/C5H9NO.C2H6O/c6-5(4-7)2-1-3-5;1-3-2/h4H,1-3,6H2;1-2H3. The second kappa shape index (κ2) is 4.41. The molecule has 0 aromatic rings. The highest BCUT2D eigenvalue weighted by Crippen LogP contribution is 2.26. The number of carbonyl (C=O) groups excluding carboxylic acids is 1. The van der Waals surface area contributed by atoms with Crippen molar-refractivity contribution in [3.05, 3.63) is 0 Å². The maximum atomic E-state index is 9.98. The molecule has 0 amide bonds. The lowest BCUT2D eigenvalue weighted by molar-refractivity contribution is -0.114. The number of carbonyl (C=O) groups is 1. The first-order chi connectivity index (χ1) is 4.68. The van der Waals surface area contributed by atoms with Gasteiger partial charge in [-0.3, -0.25) is 0 Å². The van der Waals surface area contributed by atoms with Crippen molar-refractivity contribution < 1.29 is 9.53 Å². The topological polar surface area (TPSA) is 52.3 Å². The fraction of sp³-hybridized carbons (Fsp3) is 0.857. The van der Waals surface area contributed by atoms with E-state index in [0.29, 0.717) is 0 Å². The molecule has 10 heavy (non-hydrogen) atoms. The molecule has 1 rings (SSSR count). The Bertz CT molecular complexity index is 99.8. The summed E-state index contributed by atoms with van der Waals surface area (Å²) >= 11 is 0. The second-order valence-corrected chi connectivity index (χ2v) is 2.61. The molecule has 0 radical (unpaired) electrons. The largest absolute Gasteiger partial charge is 0.388 e. The Morgan fingerprint density at radius 1 is 1.50 bits per heavy atom. The Hall–Kier alpha value is -0.410. The van der Waals surface area contributed by atoms with E-state index in [4.69, 9.17) is 5.73 Å². The zero-order chi connectivity index (χ0) is 8.04. The molecule has 0 bridgehead atoms. The molecule has 0 aliphatic heterocycles. The highest BCUT2D eigenvalue weighted by Gasteiger charge is 2.31. The molecule has 1 saturated carbocycles. The molecule has 0 aromatic heterocycles. The van der Waals surface area contributed by atoms with Gasteiger partial charge in [0.2, 0.25) is 0 Å². The summed E-state index contributed by atoms with van der Waals surface area (Å²) in [5.41, 5.74) is 5.02. The molecule has 0 spiro atoms. The van der Waals surface area contributed by atoms with E-state index in [1.807, 2.05) is 0 Å². The van der Waals surface area contributed by atoms with Crippen LogP contribution in [0.5, 0.6) is 0 Å². The van der Waals surface area contributed by atoms with Crippen LogP contribution in [-0.4, -0.2) is 26.0 Å². The van der Waals surface area contributed by atoms with Crippen molar-refractivity contribution in [2.75, 3.05) is 14.2 Å². The molecular weight excluding hydrogens is 130 g/mol. The van der Waals surface area contributed by atoms with Crippen molar-refractivity contribution in [1.29, 1.82) is 0 Å². The van der Waals surface area contributed by atoms with Crippen LogP contribution in [0.2, 0.25) is 0 Å². The summed E-state index contributed by atoms with van der Waals surface area (Å²) in [6.07, 6.45) is 3.75. The number of hydrogen-bond acceptors (Lipinski definition) is 3. The van der Waals surface area contributed by atoms with E-state index in [0.717, 1.165) is 25.5 Å². The number of nitrogens with two attached hydrogens (primary N) is 1. The molecule has 0 saturated heterocycles. The maximum Gasteiger partial charge on any atom is 0.139 e. The summed E-state index contributed by atoms with van der Waals surface area (Å²) in [7, 11) is 3.25. The van der Waals surface area contributed by atoms with Gasteiger partial charge in [0.05, 0.1) is 5.54 Å². The molecule has 3 heteroatoms. The average Bonchev–Trinajstić information content (AvgIpc) is 1.85. The van der Waals surface area contributed by atoms with Crippen molar-refractivity contribution in [2.24, 2.45) is 5.73 Å². The van der Waals surface area contributed by atoms with Crippen LogP contribution in [0.1, 0.15) is 19.3 Å². The minimum atomic E-state index is -0.417. The molecule has 0 unspecified atom stereocenters. The van der Waals surface area contributed by atoms with E-state index in [9.17, 15) is 4.79 Å². The highest BCUT2D eigenvalue weighted by molar-refractivity contribution is 5.65. The first-order valence-electron chi connectivity index (χ1n) is 3.34. The van der Waals surface area contributed by atoms with Gasteiger partial charge < -0.3 is 15.3 Å². The number of ether oxygens (including phenoxy) is 1. The van der Waals surface area contributed by atoms with Crippen molar-refractivity contribution in [1.82, 2.24) is 0 Å². The van der Waals surface area contributed by atoms with Crippen LogP contribution in [0.25, 0.3) is 0 Å². The van der Waals surface area contributed by atoms with Gasteiger partial charge >= 0.3 is 0 Å². The molecular formula is C7H15NO2. The molecule has 1 aliphatic rings. The maximum absolute atomic E-state index is 9.98. The van der Waals surface area contributed by atoms with Crippen LogP contribution in [-0.2, 0) is 9.53 Å². The summed E-state index contributed by atoms with van der Waals surface area (Å²) < 4.78 is 4.25. The predicted octanol–water partition coefficient (Wildman–Crippen LogP) is 0.329. The number of rotatable bonds is 1. The highest BCUT2D eigenvalue weighted by atomic mass is 16.4. The van der Waals surface area contributed by atoms with Gasteiger partial charge in [-0.05, 0) is 19.3 Å². The lowest BCUT2D eigenvalue weighted by Crippen LogP contribution is -2.47. The van der Waals surface area contributed by atoms with Gasteiger partial charge in [-0.15, -0.1) is 0 Å². The van der Waals surface area contributed by atoms with Gasteiger partial charge in [0, 0.05) is 14.2 Å². The van der Waals surface area contributed by atoms with E-state index < -0.39 is 5.54 Å². The van der Waals surface area contributed by atoms with Crippen molar-refractivity contribution in [3.63, 3.8) is 0 Å². The van der Waals surface area contributed by atoms with Gasteiger partial charge in [0.25, 0.3) is 0 Å². The van der Waals surface area contributed by atoms with E-state index in [-0.39, 0.29) is 0 Å². The van der Waals surface area contributed by atoms with Crippen LogP contribution >= 0.6 is 0 Å². The third-order valence-electron chi connectivity index (χ3n) is 1.52. The summed E-state index contributed by atoms with van der Waals surface area (Å²) in [5.74, 6) is 0. The molecule has 0 heterocycles. The SMILES string of the molecule is COC.NC1(C=O)CCC1. The van der Waals surface area contributed by atoms with Crippen molar-refractivity contribution in [3.8, 4) is 0 Å². The number of aldehydes is 1. The molecule has 1 fully saturated rings. The van der Waals surface area contributed by atoms with Gasteiger partial charge in [-0.25, -0.2) is 0 Å². The van der Waals surface area contributed by atoms with Gasteiger partial charge in [0.1, 0.15) is 6.29 Å². The van der Waals surface area contributed by atoms with E-state index in [1.165, 1.54) is 0 Å². The molecule has 0 aromatic carbocycles. The Balaban J connectivity index is 0.000000236. The Kier molecular flexibility index (Phi) is 4.23. The average molecular weight is 145 g/mol. The third kappa shape index (κ3) is 2.94. The van der Waals surface area contributed by atoms with Gasteiger partial charge in [-0.1, -0.05) is 0 Å². The van der Waals surface area contributed by atoms with Crippen LogP contribution in [0.3, 0.4) is 0 Å². The van der Waals surface area contributed by atoms with Crippen molar-refractivity contribution >= 4 is 6.29 Å². The Morgan fingerprint density at radius 2 is 1.90 bits per heavy atom. The number of methoxy groups -OCH3 is 1. The molecule has 1 aliphatic carbocycles. The molecule has 60 valence electrons. The normalized spacial score (nSPS) is 19.9. The third-order valence-corrected chi connectivity index (χ3v) is 1.52. The van der Waals surface area contributed by atoms with Crippen LogP contribution in [0, 0.1) is 0 Å². The second-order valence-electron chi connectivity index (χ2n) is 2.61. The molecule has 2 N–H and O–H groups in total. The quantitative estimate of drug-likeness (QED) is 0.541. The minimum absolute atomic E-state index is 0.417. The zero-order valence-electron chi connectivity index (χ0n) is 6.59. The first-order valence-corrected chi connectivity index (χ1v) is 3.34. The monoisotopic (exact) mass is 145 g/mol. The fourth-order valence-electron chi connectivity index (χ4n) is 0.703. The summed E-state index contributed by atoms with van der Waals surface area (Å²) in [6, 6.07) is 0. The Morgan fingerprint density at radius 3 is 1.90 bits per heavy atom. The van der Waals surface area contributed by atoms with E-state index in [2.05, 4.69) is 4.74 Å². The minimum Gasteiger partial charge on any atom is -0.388 e. The van der Waals surface area contributed by atoms with Gasteiger partial charge in [0.15, 0.2) is 0 Å². The van der Waals surface area contributed by atoms with Crippen LogP contribution in [0.4, 0.5) is 0 Å². The first kappa shape index (κ1) is 9.59. The fourth-order valence-corrected chi connectivity index (χ4v) is 0.703. The lowest BCUT2D eigenvalue weighted by Gasteiger charge is -2.31. The Labute approximate surface area is 61.5 Å². The van der Waals surface area contributed by atoms with Crippen LogP contribution in [0.15, 0.2) is 0 Å². The van der Waals surface area contributed by atoms with Crippen LogP contribution < -0.4 is 5.73 Å². The smallest absolute Gasteiger partial charge is 0.139 e.